The van der Waals surface area contributed by atoms with Crippen molar-refractivity contribution in [2.75, 3.05) is 19.8 Å². The molecule has 0 bridgehead atoms. The summed E-state index contributed by atoms with van der Waals surface area (Å²) in [4.78, 5) is 25.6. The number of fused-ring (bicyclic) bond motifs is 1. The number of ether oxygens (including phenoxy) is 1. The molecule has 1 amide bonds. The largest absolute Gasteiger partial charge is 0.480 e. The van der Waals surface area contributed by atoms with Gasteiger partial charge in [0.25, 0.3) is 0 Å². The lowest BCUT2D eigenvalue weighted by molar-refractivity contribution is -0.151. The lowest BCUT2D eigenvalue weighted by atomic mass is 9.97. The molecule has 2 heterocycles. The van der Waals surface area contributed by atoms with E-state index in [1.807, 2.05) is 0 Å². The van der Waals surface area contributed by atoms with E-state index in [2.05, 4.69) is 13.8 Å². The van der Waals surface area contributed by atoms with E-state index in [9.17, 15) is 14.7 Å². The van der Waals surface area contributed by atoms with Crippen molar-refractivity contribution >= 4 is 11.9 Å². The number of nitrogens with zero attached hydrogens (tertiary/aromatic N) is 1. The fraction of sp³-hybridized carbons (Fsp3) is 0.867. The molecule has 2 unspecified atom stereocenters. The maximum Gasteiger partial charge on any atom is 0.326 e. The van der Waals surface area contributed by atoms with Crippen LogP contribution in [0.5, 0.6) is 0 Å². The van der Waals surface area contributed by atoms with Gasteiger partial charge in [-0.25, -0.2) is 4.79 Å². The van der Waals surface area contributed by atoms with Gasteiger partial charge in [-0.1, -0.05) is 13.8 Å². The number of piperidine rings is 1. The maximum atomic E-state index is 12.5. The van der Waals surface area contributed by atoms with Crippen LogP contribution in [0.3, 0.4) is 0 Å². The molecule has 2 saturated heterocycles. The molecule has 118 valence electrons. The number of amides is 1. The molecule has 2 aliphatic heterocycles. The van der Waals surface area contributed by atoms with E-state index >= 15 is 0 Å². The van der Waals surface area contributed by atoms with Gasteiger partial charge < -0.3 is 20.5 Å². The highest BCUT2D eigenvalue weighted by Crippen LogP contribution is 2.64. The molecule has 3 rings (SSSR count). The van der Waals surface area contributed by atoms with E-state index in [0.29, 0.717) is 31.4 Å². The van der Waals surface area contributed by atoms with Crippen molar-refractivity contribution in [3.05, 3.63) is 0 Å². The second-order valence-electron chi connectivity index (χ2n) is 7.30. The number of carboxylic acid groups (broad SMARTS) is 1. The molecule has 6 heteroatoms. The number of likely N-dealkylation sites (tertiary alicyclic amines) is 1. The van der Waals surface area contributed by atoms with Gasteiger partial charge in [0.05, 0.1) is 6.04 Å². The van der Waals surface area contributed by atoms with Gasteiger partial charge in [0.1, 0.15) is 6.04 Å². The zero-order valence-electron chi connectivity index (χ0n) is 12.6. The van der Waals surface area contributed by atoms with Crippen molar-refractivity contribution in [3.8, 4) is 0 Å². The number of hydrogen-bond acceptors (Lipinski definition) is 4. The third-order valence-corrected chi connectivity index (χ3v) is 5.67. The molecular weight excluding hydrogens is 272 g/mol. The molecular formula is C15H24N2O4. The highest BCUT2D eigenvalue weighted by molar-refractivity contribution is 5.88. The van der Waals surface area contributed by atoms with Crippen molar-refractivity contribution in [1.29, 1.82) is 0 Å². The molecule has 1 saturated carbocycles. The minimum atomic E-state index is -0.905. The van der Waals surface area contributed by atoms with Gasteiger partial charge in [-0.2, -0.15) is 0 Å². The Morgan fingerprint density at radius 3 is 2.76 bits per heavy atom. The predicted molar refractivity (Wildman–Crippen MR) is 75.4 cm³/mol. The third kappa shape index (κ3) is 2.34. The van der Waals surface area contributed by atoms with Gasteiger partial charge in [-0.05, 0) is 30.1 Å². The standard InChI is InChI=1S/C15H24N2O4/c1-15(2)9-6-17(12(11(9)15)14(19)20)13(18)10(16)5-8-3-4-21-7-8/h8-12H,3-7,16H2,1-2H3,(H,19,20)/t8?,9-,10?,11-,12-/m0/s1. The Labute approximate surface area is 124 Å². The van der Waals surface area contributed by atoms with E-state index in [-0.39, 0.29) is 17.2 Å². The highest BCUT2D eigenvalue weighted by Gasteiger charge is 2.69. The van der Waals surface area contributed by atoms with Crippen LogP contribution in [0.25, 0.3) is 0 Å². The zero-order valence-corrected chi connectivity index (χ0v) is 12.6. The Bertz CT molecular complexity index is 459. The highest BCUT2D eigenvalue weighted by atomic mass is 16.5. The maximum absolute atomic E-state index is 12.5. The SMILES string of the molecule is CC1(C)[C@@H]2[C@@H](C(=O)O)N(C(=O)C(N)CC3CCOC3)C[C@@H]21. The third-order valence-electron chi connectivity index (χ3n) is 5.67. The summed E-state index contributed by atoms with van der Waals surface area (Å²) in [6.45, 7) is 6.07. The summed E-state index contributed by atoms with van der Waals surface area (Å²) in [7, 11) is 0. The Hall–Kier alpha value is -1.14. The Morgan fingerprint density at radius 2 is 2.19 bits per heavy atom. The second-order valence-corrected chi connectivity index (χ2v) is 7.30. The van der Waals surface area contributed by atoms with Gasteiger partial charge >= 0.3 is 5.97 Å². The van der Waals surface area contributed by atoms with Crippen LogP contribution >= 0.6 is 0 Å². The lowest BCUT2D eigenvalue weighted by Gasteiger charge is -2.30. The number of rotatable bonds is 4. The van der Waals surface area contributed by atoms with Gasteiger partial charge in [-0.15, -0.1) is 0 Å². The van der Waals surface area contributed by atoms with Crippen LogP contribution < -0.4 is 5.73 Å². The van der Waals surface area contributed by atoms with Crippen LogP contribution in [0.15, 0.2) is 0 Å². The van der Waals surface area contributed by atoms with Crippen molar-refractivity contribution in [2.45, 2.75) is 38.8 Å². The fourth-order valence-electron chi connectivity index (χ4n) is 4.24. The molecule has 3 fully saturated rings. The molecule has 0 aromatic heterocycles. The molecule has 0 radical (unpaired) electrons. The number of carbonyl (C=O) groups is 2. The molecule has 21 heavy (non-hydrogen) atoms. The molecule has 0 spiro atoms. The van der Waals surface area contributed by atoms with E-state index in [1.54, 1.807) is 0 Å². The van der Waals surface area contributed by atoms with Crippen LogP contribution in [0.4, 0.5) is 0 Å². The lowest BCUT2D eigenvalue weighted by Crippen LogP contribution is -2.51. The number of carboxylic acids is 1. The average Bonchev–Trinajstić information content (AvgIpc) is 2.88. The summed E-state index contributed by atoms with van der Waals surface area (Å²) in [5.74, 6) is -0.429. The quantitative estimate of drug-likeness (QED) is 0.779. The smallest absolute Gasteiger partial charge is 0.326 e. The first kappa shape index (κ1) is 14.8. The first-order valence-electron chi connectivity index (χ1n) is 7.70. The zero-order chi connectivity index (χ0) is 15.4. The van der Waals surface area contributed by atoms with E-state index in [4.69, 9.17) is 10.5 Å². The second kappa shape index (κ2) is 4.95. The summed E-state index contributed by atoms with van der Waals surface area (Å²) >= 11 is 0. The Morgan fingerprint density at radius 1 is 1.48 bits per heavy atom. The number of hydrogen-bond donors (Lipinski definition) is 2. The first-order valence-corrected chi connectivity index (χ1v) is 7.70. The predicted octanol–water partition coefficient (Wildman–Crippen LogP) is 0.308. The summed E-state index contributed by atoms with van der Waals surface area (Å²) < 4.78 is 5.30. The Kier molecular flexibility index (Phi) is 3.48. The molecule has 0 aromatic carbocycles. The molecule has 1 aliphatic carbocycles. The van der Waals surface area contributed by atoms with Gasteiger partial charge in [-0.3, -0.25) is 4.79 Å². The van der Waals surface area contributed by atoms with Gasteiger partial charge in [0.2, 0.25) is 5.91 Å². The minimum absolute atomic E-state index is 0.0310. The normalized spacial score (nSPS) is 38.1. The molecule has 6 nitrogen and oxygen atoms in total. The van der Waals surface area contributed by atoms with Crippen LogP contribution in [0, 0.1) is 23.2 Å². The van der Waals surface area contributed by atoms with E-state index < -0.39 is 18.1 Å². The molecule has 5 atom stereocenters. The number of aliphatic carboxylic acids is 1. The van der Waals surface area contributed by atoms with Gasteiger partial charge in [0, 0.05) is 25.7 Å². The summed E-state index contributed by atoms with van der Waals surface area (Å²) in [6.07, 6.45) is 1.52. The van der Waals surface area contributed by atoms with Crippen molar-refractivity contribution in [3.63, 3.8) is 0 Å². The summed E-state index contributed by atoms with van der Waals surface area (Å²) in [5.41, 5.74) is 6.06. The van der Waals surface area contributed by atoms with Gasteiger partial charge in [0.15, 0.2) is 0 Å². The summed E-state index contributed by atoms with van der Waals surface area (Å²) in [6, 6.07) is -1.32. The molecule has 0 aromatic rings. The number of nitrogens with two attached hydrogens (primary N) is 1. The molecule has 3 aliphatic rings. The number of carbonyl (C=O) groups excluding carboxylic acids is 1. The van der Waals surface area contributed by atoms with Crippen LogP contribution in [-0.4, -0.2) is 53.7 Å². The topological polar surface area (TPSA) is 92.9 Å². The first-order chi connectivity index (χ1) is 9.84. The molecule has 3 N–H and O–H groups in total. The summed E-state index contributed by atoms with van der Waals surface area (Å²) in [5, 5.41) is 9.47. The minimum Gasteiger partial charge on any atom is -0.480 e. The van der Waals surface area contributed by atoms with Crippen molar-refractivity contribution in [2.24, 2.45) is 28.9 Å². The van der Waals surface area contributed by atoms with Crippen LogP contribution in [-0.2, 0) is 14.3 Å². The Balaban J connectivity index is 1.65. The van der Waals surface area contributed by atoms with E-state index in [0.717, 1.165) is 13.0 Å². The van der Waals surface area contributed by atoms with Crippen molar-refractivity contribution in [1.82, 2.24) is 4.90 Å². The monoisotopic (exact) mass is 296 g/mol. The van der Waals surface area contributed by atoms with Crippen LogP contribution in [0.2, 0.25) is 0 Å². The average molecular weight is 296 g/mol. The fourth-order valence-corrected chi connectivity index (χ4v) is 4.24. The van der Waals surface area contributed by atoms with Crippen LogP contribution in [0.1, 0.15) is 26.7 Å². The van der Waals surface area contributed by atoms with E-state index in [1.165, 1.54) is 4.90 Å². The van der Waals surface area contributed by atoms with Crippen molar-refractivity contribution < 1.29 is 19.4 Å².